The molecule has 4 heteroatoms. The van der Waals surface area contributed by atoms with Crippen LogP contribution in [0.3, 0.4) is 0 Å². The van der Waals surface area contributed by atoms with Crippen LogP contribution in [0.25, 0.3) is 87.9 Å². The standard InChI is InChI=1S/C42H24BN3/c1-2-12-25(13-3-1)44-34-22-8-6-16-30(34)38-36(44)24-37-40-39(38)31-19-10-17-28-27-15-5-9-23-35(27)46(41(28)31)43(40)32-20-11-18-29-26-14-4-7-21-33(26)45(37)42(29)32/h1-24H. The van der Waals surface area contributed by atoms with Crippen LogP contribution >= 0.6 is 0 Å². The minimum Gasteiger partial charge on any atom is -0.375 e. The maximum atomic E-state index is 2.66. The molecule has 46 heavy (non-hydrogen) atoms. The number of nitrogens with zero attached hydrogens (tertiary/aromatic N) is 3. The van der Waals surface area contributed by atoms with Gasteiger partial charge in [0.05, 0.1) is 22.1 Å². The van der Waals surface area contributed by atoms with Crippen LogP contribution < -0.4 is 10.9 Å². The third kappa shape index (κ3) is 2.54. The van der Waals surface area contributed by atoms with E-state index in [-0.39, 0.29) is 6.85 Å². The van der Waals surface area contributed by atoms with Crippen LogP contribution in [0.1, 0.15) is 0 Å². The smallest absolute Gasteiger partial charge is 0.333 e. The maximum Gasteiger partial charge on any atom is 0.333 e. The molecule has 3 nitrogen and oxygen atoms in total. The van der Waals surface area contributed by atoms with Crippen molar-refractivity contribution in [1.82, 2.24) is 13.6 Å². The monoisotopic (exact) mass is 581 g/mol. The zero-order valence-electron chi connectivity index (χ0n) is 24.8. The summed E-state index contributed by atoms with van der Waals surface area (Å²) >= 11 is 0. The molecule has 0 radical (unpaired) electrons. The van der Waals surface area contributed by atoms with Crippen LogP contribution in [0, 0.1) is 0 Å². The molecule has 3 aromatic heterocycles. The van der Waals surface area contributed by atoms with E-state index < -0.39 is 0 Å². The van der Waals surface area contributed by atoms with Crippen LogP contribution in [0.15, 0.2) is 146 Å². The summed E-state index contributed by atoms with van der Waals surface area (Å²) in [4.78, 5) is 0. The van der Waals surface area contributed by atoms with E-state index in [1.165, 1.54) is 98.8 Å². The molecule has 210 valence electrons. The number of fused-ring (bicyclic) bond motifs is 14. The molecule has 0 saturated heterocycles. The van der Waals surface area contributed by atoms with Gasteiger partial charge in [0, 0.05) is 60.3 Å². The molecule has 0 spiro atoms. The third-order valence-corrected chi connectivity index (χ3v) is 10.8. The first kappa shape index (κ1) is 23.4. The Morgan fingerprint density at radius 1 is 0.435 bits per heavy atom. The Kier molecular flexibility index (Phi) is 4.06. The molecule has 0 unspecified atom stereocenters. The highest BCUT2D eigenvalue weighted by molar-refractivity contribution is 6.90. The van der Waals surface area contributed by atoms with Gasteiger partial charge in [0.1, 0.15) is 0 Å². The summed E-state index contributed by atoms with van der Waals surface area (Å²) < 4.78 is 7.70. The summed E-state index contributed by atoms with van der Waals surface area (Å²) in [6.07, 6.45) is 0. The van der Waals surface area contributed by atoms with Crippen molar-refractivity contribution in [1.29, 1.82) is 0 Å². The fourth-order valence-corrected chi connectivity index (χ4v) is 9.19. The molecule has 2 aliphatic rings. The first-order valence-electron chi connectivity index (χ1n) is 16.1. The summed E-state index contributed by atoms with van der Waals surface area (Å²) in [7, 11) is 0. The van der Waals surface area contributed by atoms with Gasteiger partial charge in [-0.25, -0.2) is 0 Å². The number of hydrogen-bond acceptors (Lipinski definition) is 0. The van der Waals surface area contributed by atoms with Crippen molar-refractivity contribution in [3.63, 3.8) is 0 Å². The Labute approximate surface area is 264 Å². The molecule has 12 rings (SSSR count). The Hall–Kier alpha value is -6.00. The van der Waals surface area contributed by atoms with Gasteiger partial charge >= 0.3 is 6.85 Å². The second kappa shape index (κ2) is 7.98. The largest absolute Gasteiger partial charge is 0.375 e. The van der Waals surface area contributed by atoms with Crippen LogP contribution in [-0.2, 0) is 0 Å². The van der Waals surface area contributed by atoms with Crippen molar-refractivity contribution < 1.29 is 0 Å². The van der Waals surface area contributed by atoms with Gasteiger partial charge in [-0.05, 0) is 52.9 Å². The molecular formula is C42H24BN3. The third-order valence-electron chi connectivity index (χ3n) is 10.8. The zero-order valence-corrected chi connectivity index (χ0v) is 24.8. The number of hydrogen-bond donors (Lipinski definition) is 0. The van der Waals surface area contributed by atoms with Crippen molar-refractivity contribution in [3.05, 3.63) is 146 Å². The van der Waals surface area contributed by atoms with E-state index in [0.717, 1.165) is 0 Å². The molecule has 0 fully saturated rings. The van der Waals surface area contributed by atoms with E-state index >= 15 is 0 Å². The van der Waals surface area contributed by atoms with Gasteiger partial charge in [-0.3, -0.25) is 0 Å². The van der Waals surface area contributed by atoms with Crippen LogP contribution in [-0.4, -0.2) is 20.5 Å². The van der Waals surface area contributed by atoms with E-state index in [9.17, 15) is 0 Å². The lowest BCUT2D eigenvalue weighted by molar-refractivity contribution is 1.15. The van der Waals surface area contributed by atoms with Gasteiger partial charge in [0.25, 0.3) is 0 Å². The second-order valence-corrected chi connectivity index (χ2v) is 12.9. The van der Waals surface area contributed by atoms with E-state index in [1.807, 2.05) is 0 Å². The predicted octanol–water partition coefficient (Wildman–Crippen LogP) is 8.94. The Morgan fingerprint density at radius 3 is 1.85 bits per heavy atom. The second-order valence-electron chi connectivity index (χ2n) is 12.9. The number of aromatic nitrogens is 3. The molecule has 0 atom stereocenters. The van der Waals surface area contributed by atoms with Crippen LogP contribution in [0.2, 0.25) is 0 Å². The normalized spacial score (nSPS) is 13.2. The summed E-state index contributed by atoms with van der Waals surface area (Å²) in [5.41, 5.74) is 15.6. The van der Waals surface area contributed by atoms with Crippen molar-refractivity contribution in [2.75, 3.05) is 0 Å². The molecule has 5 heterocycles. The highest BCUT2D eigenvalue weighted by Gasteiger charge is 2.42. The SMILES string of the molecule is c1ccc(-n2c3ccccc3c3c4c5c(cc32)-n2c3ccccc3c3cccc(c32)B5n2c3ccccc3c3cccc-4c32)cc1. The summed E-state index contributed by atoms with van der Waals surface area (Å²) in [6.45, 7) is 0.0473. The summed E-state index contributed by atoms with van der Waals surface area (Å²) in [6, 6.07) is 54.1. The van der Waals surface area contributed by atoms with E-state index in [0.29, 0.717) is 0 Å². The topological polar surface area (TPSA) is 14.8 Å². The summed E-state index contributed by atoms with van der Waals surface area (Å²) in [5, 5.41) is 7.88. The van der Waals surface area contributed by atoms with Crippen LogP contribution in [0.5, 0.6) is 0 Å². The van der Waals surface area contributed by atoms with E-state index in [2.05, 4.69) is 159 Å². The highest BCUT2D eigenvalue weighted by Crippen LogP contribution is 2.47. The van der Waals surface area contributed by atoms with Gasteiger partial charge in [-0.1, -0.05) is 109 Å². The van der Waals surface area contributed by atoms with Gasteiger partial charge in [0.15, 0.2) is 0 Å². The Morgan fingerprint density at radius 2 is 1.04 bits per heavy atom. The summed E-state index contributed by atoms with van der Waals surface area (Å²) in [5.74, 6) is 0. The van der Waals surface area contributed by atoms with Crippen molar-refractivity contribution in [2.45, 2.75) is 0 Å². The van der Waals surface area contributed by atoms with Crippen LogP contribution in [0.4, 0.5) is 0 Å². The minimum absolute atomic E-state index is 0.0473. The lowest BCUT2D eigenvalue weighted by Gasteiger charge is -2.34. The minimum atomic E-state index is 0.0473. The molecule has 0 aliphatic carbocycles. The van der Waals surface area contributed by atoms with E-state index in [4.69, 9.17) is 0 Å². The number of benzene rings is 7. The molecule has 7 aromatic carbocycles. The Balaban J connectivity index is 1.42. The predicted molar refractivity (Wildman–Crippen MR) is 194 cm³/mol. The molecule has 2 aliphatic heterocycles. The number of rotatable bonds is 1. The lowest BCUT2D eigenvalue weighted by Crippen LogP contribution is -2.55. The fourth-order valence-electron chi connectivity index (χ4n) is 9.19. The van der Waals surface area contributed by atoms with Crippen molar-refractivity contribution in [3.8, 4) is 22.5 Å². The number of para-hydroxylation sites is 6. The highest BCUT2D eigenvalue weighted by atomic mass is 15.0. The zero-order chi connectivity index (χ0) is 29.7. The quantitative estimate of drug-likeness (QED) is 0.172. The molecule has 0 N–H and O–H groups in total. The fraction of sp³-hybridized carbons (Fsp3) is 0. The molecule has 0 bridgehead atoms. The molecular weight excluding hydrogens is 557 g/mol. The molecule has 10 aromatic rings. The maximum absolute atomic E-state index is 2.66. The van der Waals surface area contributed by atoms with Gasteiger partial charge in [0.2, 0.25) is 0 Å². The first-order chi connectivity index (χ1) is 22.9. The average Bonchev–Trinajstić information content (AvgIpc) is 3.75. The molecule has 0 saturated carbocycles. The lowest BCUT2D eigenvalue weighted by atomic mass is 9.45. The van der Waals surface area contributed by atoms with Crippen molar-refractivity contribution >= 4 is 83.2 Å². The van der Waals surface area contributed by atoms with Gasteiger partial charge in [-0.2, -0.15) is 0 Å². The van der Waals surface area contributed by atoms with E-state index in [1.54, 1.807) is 0 Å². The van der Waals surface area contributed by atoms with Gasteiger partial charge in [-0.15, -0.1) is 0 Å². The average molecular weight is 581 g/mol. The Bertz CT molecular complexity index is 2980. The van der Waals surface area contributed by atoms with Crippen molar-refractivity contribution in [2.24, 2.45) is 0 Å². The first-order valence-corrected chi connectivity index (χ1v) is 16.1. The molecule has 0 amide bonds. The van der Waals surface area contributed by atoms with Gasteiger partial charge < -0.3 is 13.6 Å².